The van der Waals surface area contributed by atoms with Gasteiger partial charge < -0.3 is 16.2 Å². The maximum atomic E-state index is 12.6. The van der Waals surface area contributed by atoms with Crippen LogP contribution < -0.4 is 11.1 Å². The van der Waals surface area contributed by atoms with Crippen LogP contribution in [0.2, 0.25) is 0 Å². The number of benzene rings is 1. The fraction of sp³-hybridized carbons (Fsp3) is 0.333. The summed E-state index contributed by atoms with van der Waals surface area (Å²) >= 11 is 0. The van der Waals surface area contributed by atoms with Gasteiger partial charge in [0.2, 0.25) is 0 Å². The summed E-state index contributed by atoms with van der Waals surface area (Å²) in [7, 11) is 0. The lowest BCUT2D eigenvalue weighted by Crippen LogP contribution is -2.05. The van der Waals surface area contributed by atoms with Gasteiger partial charge in [0.15, 0.2) is 0 Å². The molecule has 1 rings (SSSR count). The van der Waals surface area contributed by atoms with Gasteiger partial charge >= 0.3 is 0 Å². The van der Waals surface area contributed by atoms with E-state index in [9.17, 15) is 4.39 Å². The molecule has 72 valence electrons. The van der Waals surface area contributed by atoms with E-state index >= 15 is 0 Å². The van der Waals surface area contributed by atoms with E-state index in [2.05, 4.69) is 5.32 Å². The summed E-state index contributed by atoms with van der Waals surface area (Å²) < 4.78 is 12.6. The monoisotopic (exact) mass is 184 g/mol. The molecule has 0 heterocycles. The first-order valence-corrected chi connectivity index (χ1v) is 4.14. The highest BCUT2D eigenvalue weighted by molar-refractivity contribution is 5.65. The normalized spacial score (nSPS) is 10.0. The van der Waals surface area contributed by atoms with Crippen molar-refractivity contribution >= 4 is 11.4 Å². The van der Waals surface area contributed by atoms with E-state index in [1.807, 2.05) is 0 Å². The van der Waals surface area contributed by atoms with Gasteiger partial charge in [-0.05, 0) is 24.6 Å². The molecule has 13 heavy (non-hydrogen) atoms. The summed E-state index contributed by atoms with van der Waals surface area (Å²) in [6.45, 7) is 0.764. The van der Waals surface area contributed by atoms with Gasteiger partial charge in [0.05, 0.1) is 11.4 Å². The van der Waals surface area contributed by atoms with Crippen LogP contribution >= 0.6 is 0 Å². The lowest BCUT2D eigenvalue weighted by Gasteiger charge is -2.07. The van der Waals surface area contributed by atoms with Crippen molar-refractivity contribution in [3.8, 4) is 0 Å². The molecule has 1 aromatic rings. The molecule has 1 aromatic carbocycles. The highest BCUT2D eigenvalue weighted by atomic mass is 19.1. The van der Waals surface area contributed by atoms with E-state index in [0.717, 1.165) is 0 Å². The molecule has 0 amide bonds. The number of hydrogen-bond donors (Lipinski definition) is 3. The van der Waals surface area contributed by atoms with Crippen molar-refractivity contribution in [1.29, 1.82) is 0 Å². The third kappa shape index (κ3) is 2.91. The first-order chi connectivity index (χ1) is 6.24. The number of halogens is 1. The summed E-state index contributed by atoms with van der Waals surface area (Å²) in [5.41, 5.74) is 6.63. The highest BCUT2D eigenvalue weighted by Crippen LogP contribution is 2.18. The van der Waals surface area contributed by atoms with Crippen molar-refractivity contribution in [2.45, 2.75) is 6.42 Å². The van der Waals surface area contributed by atoms with Crippen molar-refractivity contribution in [2.24, 2.45) is 0 Å². The third-order valence-electron chi connectivity index (χ3n) is 1.66. The van der Waals surface area contributed by atoms with Crippen LogP contribution in [0, 0.1) is 5.82 Å². The first kappa shape index (κ1) is 9.80. The van der Waals surface area contributed by atoms with Gasteiger partial charge in [-0.2, -0.15) is 0 Å². The number of nitrogens with one attached hydrogen (secondary N) is 1. The fourth-order valence-corrected chi connectivity index (χ4v) is 0.997. The maximum Gasteiger partial charge on any atom is 0.125 e. The highest BCUT2D eigenvalue weighted by Gasteiger charge is 1.98. The molecular formula is C9H13FN2O. The molecule has 4 heteroatoms. The van der Waals surface area contributed by atoms with Crippen LogP contribution in [-0.4, -0.2) is 18.3 Å². The molecule has 0 saturated heterocycles. The van der Waals surface area contributed by atoms with Crippen molar-refractivity contribution in [2.75, 3.05) is 24.2 Å². The largest absolute Gasteiger partial charge is 0.397 e. The average molecular weight is 184 g/mol. The van der Waals surface area contributed by atoms with Gasteiger partial charge in [-0.3, -0.25) is 0 Å². The standard InChI is InChI=1S/C9H13FN2O/c10-7-2-3-9(8(11)6-7)12-4-1-5-13/h2-3,6,12-13H,1,4-5,11H2. The zero-order valence-electron chi connectivity index (χ0n) is 7.26. The molecule has 0 spiro atoms. The summed E-state index contributed by atoms with van der Waals surface area (Å²) in [6.07, 6.45) is 0.650. The molecule has 0 aliphatic carbocycles. The van der Waals surface area contributed by atoms with Crippen molar-refractivity contribution in [3.63, 3.8) is 0 Å². The molecule has 0 aromatic heterocycles. The minimum absolute atomic E-state index is 0.133. The smallest absolute Gasteiger partial charge is 0.125 e. The molecule has 0 fully saturated rings. The maximum absolute atomic E-state index is 12.6. The number of hydrogen-bond acceptors (Lipinski definition) is 3. The topological polar surface area (TPSA) is 58.3 Å². The van der Waals surface area contributed by atoms with Crippen molar-refractivity contribution < 1.29 is 9.50 Å². The molecule has 4 N–H and O–H groups in total. The Labute approximate surface area is 76.4 Å². The minimum atomic E-state index is -0.342. The number of aliphatic hydroxyl groups excluding tert-OH is 1. The van der Waals surface area contributed by atoms with E-state index in [4.69, 9.17) is 10.8 Å². The van der Waals surface area contributed by atoms with Crippen LogP contribution in [0.15, 0.2) is 18.2 Å². The molecular weight excluding hydrogens is 171 g/mol. The molecule has 0 radical (unpaired) electrons. The second kappa shape index (κ2) is 4.67. The molecule has 0 atom stereocenters. The Morgan fingerprint density at radius 1 is 1.46 bits per heavy atom. The van der Waals surface area contributed by atoms with Gasteiger partial charge in [-0.25, -0.2) is 4.39 Å². The Balaban J connectivity index is 2.56. The summed E-state index contributed by atoms with van der Waals surface area (Å²) in [5, 5.41) is 11.5. The van der Waals surface area contributed by atoms with Gasteiger partial charge in [0, 0.05) is 13.2 Å². The molecule has 3 nitrogen and oxygen atoms in total. The summed E-state index contributed by atoms with van der Waals surface area (Å²) in [5.74, 6) is -0.342. The number of anilines is 2. The SMILES string of the molecule is Nc1cc(F)ccc1NCCCO. The van der Waals surface area contributed by atoms with E-state index < -0.39 is 0 Å². The van der Waals surface area contributed by atoms with Crippen LogP contribution in [0.4, 0.5) is 15.8 Å². The Kier molecular flexibility index (Phi) is 3.52. The predicted molar refractivity (Wildman–Crippen MR) is 51.0 cm³/mol. The number of aliphatic hydroxyl groups is 1. The second-order valence-corrected chi connectivity index (χ2v) is 2.74. The minimum Gasteiger partial charge on any atom is -0.397 e. The number of nitrogen functional groups attached to an aromatic ring is 1. The van der Waals surface area contributed by atoms with E-state index in [1.54, 1.807) is 6.07 Å². The van der Waals surface area contributed by atoms with Crippen LogP contribution in [-0.2, 0) is 0 Å². The van der Waals surface area contributed by atoms with E-state index in [-0.39, 0.29) is 12.4 Å². The molecule has 0 aliphatic rings. The van der Waals surface area contributed by atoms with Crippen molar-refractivity contribution in [1.82, 2.24) is 0 Å². The Bertz CT molecular complexity index is 278. The van der Waals surface area contributed by atoms with Gasteiger partial charge in [-0.1, -0.05) is 0 Å². The lowest BCUT2D eigenvalue weighted by molar-refractivity contribution is 0.292. The van der Waals surface area contributed by atoms with Crippen LogP contribution in [0.3, 0.4) is 0 Å². The Morgan fingerprint density at radius 3 is 2.85 bits per heavy atom. The van der Waals surface area contributed by atoms with Crippen LogP contribution in [0.1, 0.15) is 6.42 Å². The molecule has 0 bridgehead atoms. The predicted octanol–water partition coefficient (Wildman–Crippen LogP) is 1.20. The first-order valence-electron chi connectivity index (χ1n) is 4.14. The number of nitrogens with two attached hydrogens (primary N) is 1. The third-order valence-corrected chi connectivity index (χ3v) is 1.66. The zero-order valence-corrected chi connectivity index (χ0v) is 7.26. The van der Waals surface area contributed by atoms with E-state index in [1.165, 1.54) is 12.1 Å². The average Bonchev–Trinajstić information content (AvgIpc) is 2.09. The van der Waals surface area contributed by atoms with E-state index in [0.29, 0.717) is 24.3 Å². The van der Waals surface area contributed by atoms with Crippen LogP contribution in [0.25, 0.3) is 0 Å². The Morgan fingerprint density at radius 2 is 2.23 bits per heavy atom. The number of rotatable bonds is 4. The second-order valence-electron chi connectivity index (χ2n) is 2.74. The lowest BCUT2D eigenvalue weighted by atomic mass is 10.2. The fourth-order valence-electron chi connectivity index (χ4n) is 0.997. The molecule has 0 aliphatic heterocycles. The van der Waals surface area contributed by atoms with Gasteiger partial charge in [0.1, 0.15) is 5.82 Å². The molecule has 0 saturated carbocycles. The van der Waals surface area contributed by atoms with Crippen molar-refractivity contribution in [3.05, 3.63) is 24.0 Å². The van der Waals surface area contributed by atoms with Crippen LogP contribution in [0.5, 0.6) is 0 Å². The quantitative estimate of drug-likeness (QED) is 0.487. The van der Waals surface area contributed by atoms with Gasteiger partial charge in [0.25, 0.3) is 0 Å². The zero-order chi connectivity index (χ0) is 9.68. The summed E-state index contributed by atoms with van der Waals surface area (Å²) in [4.78, 5) is 0. The van der Waals surface area contributed by atoms with Gasteiger partial charge in [-0.15, -0.1) is 0 Å². The Hall–Kier alpha value is -1.29. The molecule has 0 unspecified atom stereocenters. The summed E-state index contributed by atoms with van der Waals surface area (Å²) in [6, 6.07) is 4.20.